The average molecular weight is 270 g/mol. The molecule has 0 aliphatic rings. The number of anilines is 1. The number of nitrogens with zero attached hydrogens (tertiary/aromatic N) is 7. The van der Waals surface area contributed by atoms with Crippen LogP contribution in [-0.4, -0.2) is 35.2 Å². The Kier molecular flexibility index (Phi) is 3.12. The third kappa shape index (κ3) is 2.35. The van der Waals surface area contributed by atoms with Gasteiger partial charge in [0.2, 0.25) is 0 Å². The minimum Gasteiger partial charge on any atom is -0.379 e. The molecule has 1 N–H and O–H groups in total. The minimum absolute atomic E-state index is 0.656. The Morgan fingerprint density at radius 3 is 2.80 bits per heavy atom. The fraction of sp³-hybridized carbons (Fsp3) is 0.250. The van der Waals surface area contributed by atoms with Crippen LogP contribution in [0.5, 0.6) is 0 Å². The first kappa shape index (κ1) is 12.3. The van der Waals surface area contributed by atoms with E-state index in [4.69, 9.17) is 0 Å². The van der Waals surface area contributed by atoms with E-state index in [9.17, 15) is 0 Å². The highest BCUT2D eigenvalue weighted by Gasteiger charge is 2.05. The zero-order valence-electron chi connectivity index (χ0n) is 11.2. The fourth-order valence-electron chi connectivity index (χ4n) is 1.88. The lowest BCUT2D eigenvalue weighted by Gasteiger charge is -2.11. The first-order valence-electron chi connectivity index (χ1n) is 6.15. The van der Waals surface area contributed by atoms with Gasteiger partial charge in [-0.15, -0.1) is 10.2 Å². The lowest BCUT2D eigenvalue weighted by Crippen LogP contribution is -2.07. The lowest BCUT2D eigenvalue weighted by atomic mass is 10.2. The summed E-state index contributed by atoms with van der Waals surface area (Å²) in [6.07, 6.45) is 3.31. The van der Waals surface area contributed by atoms with Crippen molar-refractivity contribution in [3.63, 3.8) is 0 Å². The van der Waals surface area contributed by atoms with Gasteiger partial charge in [-0.25, -0.2) is 4.68 Å². The van der Waals surface area contributed by atoms with Gasteiger partial charge in [0, 0.05) is 12.7 Å². The predicted octanol–water partition coefficient (Wildman–Crippen LogP) is 0.711. The number of rotatable bonds is 4. The van der Waals surface area contributed by atoms with Gasteiger partial charge in [0.1, 0.15) is 6.33 Å². The van der Waals surface area contributed by atoms with Gasteiger partial charge in [-0.3, -0.25) is 4.68 Å². The molecule has 2 aromatic heterocycles. The van der Waals surface area contributed by atoms with Crippen molar-refractivity contribution < 1.29 is 0 Å². The van der Waals surface area contributed by atoms with E-state index in [-0.39, 0.29) is 0 Å². The summed E-state index contributed by atoms with van der Waals surface area (Å²) in [6.45, 7) is 2.70. The smallest absolute Gasteiger partial charge is 0.143 e. The molecule has 3 aromatic rings. The van der Waals surface area contributed by atoms with E-state index in [1.54, 1.807) is 21.9 Å². The topological polar surface area (TPSA) is 86.3 Å². The summed E-state index contributed by atoms with van der Waals surface area (Å²) in [5.74, 6) is 0. The predicted molar refractivity (Wildman–Crippen MR) is 72.2 cm³/mol. The maximum atomic E-state index is 3.91. The van der Waals surface area contributed by atoms with E-state index in [0.29, 0.717) is 6.54 Å². The summed E-state index contributed by atoms with van der Waals surface area (Å²) in [5, 5.41) is 22.3. The molecule has 2 heterocycles. The maximum Gasteiger partial charge on any atom is 0.143 e. The average Bonchev–Trinajstić information content (AvgIpc) is 3.10. The third-order valence-electron chi connectivity index (χ3n) is 3.10. The van der Waals surface area contributed by atoms with Crippen LogP contribution >= 0.6 is 0 Å². The third-order valence-corrected chi connectivity index (χ3v) is 3.10. The van der Waals surface area contributed by atoms with E-state index in [0.717, 1.165) is 22.6 Å². The summed E-state index contributed by atoms with van der Waals surface area (Å²) in [7, 11) is 1.87. The highest BCUT2D eigenvalue weighted by Crippen LogP contribution is 2.19. The van der Waals surface area contributed by atoms with Gasteiger partial charge in [-0.2, -0.15) is 0 Å². The normalized spacial score (nSPS) is 10.7. The van der Waals surface area contributed by atoms with Crippen LogP contribution in [0.2, 0.25) is 0 Å². The van der Waals surface area contributed by atoms with Crippen molar-refractivity contribution in [2.75, 3.05) is 5.32 Å². The fourth-order valence-corrected chi connectivity index (χ4v) is 1.88. The summed E-state index contributed by atoms with van der Waals surface area (Å²) >= 11 is 0. The van der Waals surface area contributed by atoms with E-state index in [1.165, 1.54) is 0 Å². The molecular formula is C12H14N8. The van der Waals surface area contributed by atoms with E-state index in [2.05, 4.69) is 31.2 Å². The van der Waals surface area contributed by atoms with Crippen molar-refractivity contribution >= 4 is 5.69 Å². The summed E-state index contributed by atoms with van der Waals surface area (Å²) in [6, 6.07) is 6.01. The molecular weight excluding hydrogens is 256 g/mol. The Balaban J connectivity index is 1.82. The molecule has 0 aliphatic heterocycles. The number of nitrogens with one attached hydrogen (secondary N) is 1. The van der Waals surface area contributed by atoms with Crippen molar-refractivity contribution in [3.8, 4) is 5.69 Å². The first-order chi connectivity index (χ1) is 9.74. The molecule has 0 fully saturated rings. The molecule has 0 amide bonds. The van der Waals surface area contributed by atoms with E-state index in [1.807, 2.05) is 32.2 Å². The maximum absolute atomic E-state index is 3.91. The van der Waals surface area contributed by atoms with Crippen molar-refractivity contribution in [3.05, 3.63) is 42.0 Å². The van der Waals surface area contributed by atoms with Crippen LogP contribution in [0.3, 0.4) is 0 Å². The minimum atomic E-state index is 0.656. The second-order valence-electron chi connectivity index (χ2n) is 4.46. The SMILES string of the molecule is Cc1ccc(-n2cnnn2)cc1NCc1cnnn1C. The molecule has 20 heavy (non-hydrogen) atoms. The molecule has 8 nitrogen and oxygen atoms in total. The van der Waals surface area contributed by atoms with Crippen LogP contribution in [0.1, 0.15) is 11.3 Å². The Bertz CT molecular complexity index is 700. The first-order valence-corrected chi connectivity index (χ1v) is 6.15. The van der Waals surface area contributed by atoms with Crippen molar-refractivity contribution in [2.24, 2.45) is 7.05 Å². The Morgan fingerprint density at radius 2 is 2.10 bits per heavy atom. The van der Waals surface area contributed by atoms with Gasteiger partial charge in [0.05, 0.1) is 24.1 Å². The van der Waals surface area contributed by atoms with Crippen molar-refractivity contribution in [2.45, 2.75) is 13.5 Å². The van der Waals surface area contributed by atoms with Gasteiger partial charge in [0.25, 0.3) is 0 Å². The highest BCUT2D eigenvalue weighted by atomic mass is 15.5. The van der Waals surface area contributed by atoms with Gasteiger partial charge in [-0.1, -0.05) is 11.3 Å². The number of aryl methyl sites for hydroxylation is 2. The van der Waals surface area contributed by atoms with E-state index >= 15 is 0 Å². The van der Waals surface area contributed by atoms with Crippen molar-refractivity contribution in [1.29, 1.82) is 0 Å². The van der Waals surface area contributed by atoms with Gasteiger partial charge < -0.3 is 5.32 Å². The second kappa shape index (κ2) is 5.08. The molecule has 102 valence electrons. The molecule has 0 bridgehead atoms. The highest BCUT2D eigenvalue weighted by molar-refractivity contribution is 5.56. The summed E-state index contributed by atoms with van der Waals surface area (Å²) in [5.41, 5.74) is 4.10. The number of benzene rings is 1. The van der Waals surface area contributed by atoms with Crippen LogP contribution < -0.4 is 5.32 Å². The number of hydrogen-bond donors (Lipinski definition) is 1. The zero-order chi connectivity index (χ0) is 13.9. The quantitative estimate of drug-likeness (QED) is 0.751. The molecule has 0 saturated carbocycles. The number of hydrogen-bond acceptors (Lipinski definition) is 6. The molecule has 0 atom stereocenters. The number of aromatic nitrogens is 7. The molecule has 0 aliphatic carbocycles. The van der Waals surface area contributed by atoms with Crippen molar-refractivity contribution in [1.82, 2.24) is 35.2 Å². The molecule has 1 aromatic carbocycles. The standard InChI is InChI=1S/C12H14N8/c1-9-3-4-10(20-8-15-16-18-20)5-12(9)13-6-11-7-14-17-19(11)2/h3-5,7-8,13H,6H2,1-2H3. The Morgan fingerprint density at radius 1 is 1.20 bits per heavy atom. The van der Waals surface area contributed by atoms with Gasteiger partial charge >= 0.3 is 0 Å². The van der Waals surface area contributed by atoms with Crippen LogP contribution in [0, 0.1) is 6.92 Å². The number of tetrazole rings is 1. The van der Waals surface area contributed by atoms with Crippen LogP contribution in [0.4, 0.5) is 5.69 Å². The monoisotopic (exact) mass is 270 g/mol. The summed E-state index contributed by atoms with van der Waals surface area (Å²) in [4.78, 5) is 0. The lowest BCUT2D eigenvalue weighted by molar-refractivity contribution is 0.683. The Hall–Kier alpha value is -2.77. The molecule has 0 radical (unpaired) electrons. The molecule has 0 saturated heterocycles. The molecule has 0 spiro atoms. The van der Waals surface area contributed by atoms with Gasteiger partial charge in [0.15, 0.2) is 0 Å². The molecule has 0 unspecified atom stereocenters. The van der Waals surface area contributed by atoms with E-state index < -0.39 is 0 Å². The van der Waals surface area contributed by atoms with Gasteiger partial charge in [-0.05, 0) is 35.0 Å². The van der Waals surface area contributed by atoms with Crippen LogP contribution in [0.15, 0.2) is 30.7 Å². The summed E-state index contributed by atoms with van der Waals surface area (Å²) < 4.78 is 3.36. The van der Waals surface area contributed by atoms with Crippen LogP contribution in [0.25, 0.3) is 5.69 Å². The molecule has 3 rings (SSSR count). The largest absolute Gasteiger partial charge is 0.379 e. The molecule has 8 heteroatoms. The van der Waals surface area contributed by atoms with Crippen LogP contribution in [-0.2, 0) is 13.6 Å². The Labute approximate surface area is 115 Å². The zero-order valence-corrected chi connectivity index (χ0v) is 11.2. The second-order valence-corrected chi connectivity index (χ2v) is 4.46.